The van der Waals surface area contributed by atoms with Crippen LogP contribution in [-0.2, 0) is 26.4 Å². The van der Waals surface area contributed by atoms with Gasteiger partial charge in [-0.25, -0.2) is 9.97 Å². The lowest BCUT2D eigenvalue weighted by Gasteiger charge is -2.26. The maximum atomic E-state index is 12.7. The molecule has 35 heavy (non-hydrogen) atoms. The van der Waals surface area contributed by atoms with Gasteiger partial charge in [0.25, 0.3) is 5.91 Å². The Morgan fingerprint density at radius 1 is 1.20 bits per heavy atom. The van der Waals surface area contributed by atoms with E-state index in [0.29, 0.717) is 37.5 Å². The number of ether oxygens (including phenoxy) is 1. The van der Waals surface area contributed by atoms with E-state index in [4.69, 9.17) is 20.1 Å². The van der Waals surface area contributed by atoms with Gasteiger partial charge < -0.3 is 24.5 Å². The summed E-state index contributed by atoms with van der Waals surface area (Å²) in [5, 5.41) is 10.8. The Morgan fingerprint density at radius 3 is 2.83 bits per heavy atom. The number of nitrogens with zero attached hydrogens (tertiary/aromatic N) is 4. The average molecular weight is 472 g/mol. The molecule has 1 aliphatic rings. The molecule has 3 heterocycles. The molecular weight excluding hydrogens is 442 g/mol. The maximum Gasteiger partial charge on any atom is 0.251 e. The fourth-order valence-corrected chi connectivity index (χ4v) is 4.36. The van der Waals surface area contributed by atoms with Crippen LogP contribution >= 0.6 is 0 Å². The number of H-pyrrole nitrogens is 1. The van der Waals surface area contributed by atoms with Crippen LogP contribution in [0.25, 0.3) is 11.0 Å². The molecule has 0 fully saturated rings. The van der Waals surface area contributed by atoms with Gasteiger partial charge in [0, 0.05) is 31.3 Å². The quantitative estimate of drug-likeness (QED) is 0.218. The summed E-state index contributed by atoms with van der Waals surface area (Å²) in [7, 11) is 1.96. The molecule has 0 aliphatic carbocycles. The second-order valence-electron chi connectivity index (χ2n) is 8.75. The predicted octanol–water partition coefficient (Wildman–Crippen LogP) is 3.05. The Labute approximate surface area is 203 Å². The van der Waals surface area contributed by atoms with Gasteiger partial charge >= 0.3 is 0 Å². The second kappa shape index (κ2) is 9.61. The summed E-state index contributed by atoms with van der Waals surface area (Å²) < 4.78 is 7.65. The number of aromatic nitrogens is 4. The van der Waals surface area contributed by atoms with Crippen LogP contribution in [0.15, 0.2) is 48.5 Å². The van der Waals surface area contributed by atoms with Crippen LogP contribution < -0.4 is 10.1 Å². The van der Waals surface area contributed by atoms with Gasteiger partial charge in [-0.1, -0.05) is 18.2 Å². The normalized spacial score (nSPS) is 13.0. The van der Waals surface area contributed by atoms with Crippen molar-refractivity contribution >= 4 is 22.8 Å². The van der Waals surface area contributed by atoms with Crippen molar-refractivity contribution in [3.63, 3.8) is 0 Å². The van der Waals surface area contributed by atoms with Crippen LogP contribution in [0.2, 0.25) is 0 Å². The number of amides is 1. The number of benzene rings is 2. The van der Waals surface area contributed by atoms with Gasteiger partial charge in [0.1, 0.15) is 24.0 Å². The summed E-state index contributed by atoms with van der Waals surface area (Å²) in [4.78, 5) is 27.7. The Balaban J connectivity index is 1.24. The van der Waals surface area contributed by atoms with E-state index in [1.807, 2.05) is 65.9 Å². The molecule has 0 spiro atoms. The molecule has 9 nitrogen and oxygen atoms in total. The molecule has 0 atom stereocenters. The van der Waals surface area contributed by atoms with E-state index in [2.05, 4.69) is 10.3 Å². The topological polar surface area (TPSA) is 112 Å². The van der Waals surface area contributed by atoms with Gasteiger partial charge in [0.15, 0.2) is 0 Å². The summed E-state index contributed by atoms with van der Waals surface area (Å²) in [5.41, 5.74) is 4.48. The first-order valence-electron chi connectivity index (χ1n) is 11.8. The van der Waals surface area contributed by atoms with Crippen molar-refractivity contribution in [2.75, 3.05) is 19.7 Å². The lowest BCUT2D eigenvalue weighted by atomic mass is 10.1. The van der Waals surface area contributed by atoms with Gasteiger partial charge in [-0.2, -0.15) is 0 Å². The number of rotatable bonds is 7. The zero-order valence-electron chi connectivity index (χ0n) is 20.0. The van der Waals surface area contributed by atoms with E-state index in [0.717, 1.165) is 52.8 Å². The number of aryl methyl sites for hydroxylation is 1. The fraction of sp³-hybridized carbons (Fsp3) is 0.308. The minimum Gasteiger partial charge on any atom is -0.492 e. The van der Waals surface area contributed by atoms with Crippen molar-refractivity contribution in [3.05, 3.63) is 77.1 Å². The Morgan fingerprint density at radius 2 is 2.03 bits per heavy atom. The molecular formula is C26H29N7O2. The first-order valence-corrected chi connectivity index (χ1v) is 11.8. The molecule has 180 valence electrons. The number of hydrogen-bond acceptors (Lipinski definition) is 5. The molecule has 3 N–H and O–H groups in total. The second-order valence-corrected chi connectivity index (χ2v) is 8.75. The van der Waals surface area contributed by atoms with Crippen LogP contribution in [-0.4, -0.2) is 55.9 Å². The van der Waals surface area contributed by atoms with Gasteiger partial charge in [0.2, 0.25) is 0 Å². The fourth-order valence-electron chi connectivity index (χ4n) is 4.36. The Bertz CT molecular complexity index is 1370. The van der Waals surface area contributed by atoms with Gasteiger partial charge in [-0.3, -0.25) is 10.2 Å². The van der Waals surface area contributed by atoms with E-state index in [9.17, 15) is 4.79 Å². The van der Waals surface area contributed by atoms with Crippen molar-refractivity contribution in [2.45, 2.75) is 26.3 Å². The zero-order valence-corrected chi connectivity index (χ0v) is 20.0. The molecule has 0 saturated carbocycles. The van der Waals surface area contributed by atoms with Crippen molar-refractivity contribution in [3.8, 4) is 5.75 Å². The lowest BCUT2D eigenvalue weighted by Crippen LogP contribution is -2.33. The molecule has 2 aromatic heterocycles. The number of fused-ring (bicyclic) bond motifs is 2. The summed E-state index contributed by atoms with van der Waals surface area (Å²) in [5.74, 6) is 2.95. The third-order valence-corrected chi connectivity index (χ3v) is 6.32. The summed E-state index contributed by atoms with van der Waals surface area (Å²) >= 11 is 0. The Kier molecular flexibility index (Phi) is 6.22. The largest absolute Gasteiger partial charge is 0.492 e. The minimum atomic E-state index is -0.143. The zero-order chi connectivity index (χ0) is 24.4. The number of carbonyl (C=O) groups is 1. The van der Waals surface area contributed by atoms with Crippen LogP contribution in [0.5, 0.6) is 5.75 Å². The molecule has 0 radical (unpaired) electrons. The number of imidazole rings is 2. The highest BCUT2D eigenvalue weighted by Gasteiger charge is 2.21. The van der Waals surface area contributed by atoms with Crippen LogP contribution in [0.1, 0.15) is 40.3 Å². The number of hydrogen-bond donors (Lipinski definition) is 3. The number of amidine groups is 1. The predicted molar refractivity (Wildman–Crippen MR) is 134 cm³/mol. The molecule has 4 aromatic rings. The SMILES string of the molecule is CC(=N)N1CCc2[nH]c(Cc3nc4ccc(C(=O)NCCOc5ccccc5)cc4n3C)nc2C1. The monoisotopic (exact) mass is 471 g/mol. The lowest BCUT2D eigenvalue weighted by molar-refractivity contribution is 0.0947. The van der Waals surface area contributed by atoms with E-state index in [-0.39, 0.29) is 5.91 Å². The van der Waals surface area contributed by atoms with Gasteiger partial charge in [-0.15, -0.1) is 0 Å². The van der Waals surface area contributed by atoms with E-state index < -0.39 is 0 Å². The Hall–Kier alpha value is -4.14. The summed E-state index contributed by atoms with van der Waals surface area (Å²) in [6.45, 7) is 4.13. The van der Waals surface area contributed by atoms with E-state index in [1.165, 1.54) is 0 Å². The van der Waals surface area contributed by atoms with Gasteiger partial charge in [0.05, 0.1) is 42.1 Å². The standard InChI is InChI=1S/C26H29N7O2/c1-17(27)33-12-10-20-22(16-33)30-24(29-20)15-25-31-21-9-8-18(14-23(21)32(25)2)26(34)28-11-13-35-19-6-4-3-5-7-19/h3-9,14,27H,10-13,15-16H2,1-2H3,(H,28,34)(H,29,30). The van der Waals surface area contributed by atoms with Crippen LogP contribution in [0.4, 0.5) is 0 Å². The van der Waals surface area contributed by atoms with Crippen molar-refractivity contribution in [1.29, 1.82) is 5.41 Å². The number of para-hydroxylation sites is 1. The van der Waals surface area contributed by atoms with E-state index >= 15 is 0 Å². The third kappa shape index (κ3) is 4.89. The number of nitrogens with one attached hydrogen (secondary N) is 3. The minimum absolute atomic E-state index is 0.143. The maximum absolute atomic E-state index is 12.7. The van der Waals surface area contributed by atoms with Crippen LogP contribution in [0, 0.1) is 5.41 Å². The highest BCUT2D eigenvalue weighted by Crippen LogP contribution is 2.21. The highest BCUT2D eigenvalue weighted by atomic mass is 16.5. The molecule has 0 saturated heterocycles. The summed E-state index contributed by atoms with van der Waals surface area (Å²) in [6.07, 6.45) is 1.43. The van der Waals surface area contributed by atoms with Crippen LogP contribution in [0.3, 0.4) is 0 Å². The molecule has 1 aliphatic heterocycles. The molecule has 0 unspecified atom stereocenters. The molecule has 2 aromatic carbocycles. The average Bonchev–Trinajstić information content (AvgIpc) is 3.41. The van der Waals surface area contributed by atoms with Crippen molar-refractivity contribution in [2.24, 2.45) is 7.05 Å². The molecule has 1 amide bonds. The smallest absolute Gasteiger partial charge is 0.251 e. The molecule has 5 rings (SSSR count). The third-order valence-electron chi connectivity index (χ3n) is 6.32. The first kappa shape index (κ1) is 22.6. The van der Waals surface area contributed by atoms with E-state index in [1.54, 1.807) is 6.07 Å². The first-order chi connectivity index (χ1) is 17.0. The molecule has 9 heteroatoms. The highest BCUT2D eigenvalue weighted by molar-refractivity contribution is 5.97. The van der Waals surface area contributed by atoms with Gasteiger partial charge in [-0.05, 0) is 37.3 Å². The number of carbonyl (C=O) groups excluding carboxylic acids is 1. The van der Waals surface area contributed by atoms with Crippen molar-refractivity contribution < 1.29 is 9.53 Å². The molecule has 0 bridgehead atoms. The summed E-state index contributed by atoms with van der Waals surface area (Å²) in [6, 6.07) is 15.1. The van der Waals surface area contributed by atoms with Crippen molar-refractivity contribution in [1.82, 2.24) is 29.7 Å². The number of aromatic amines is 1.